The molecule has 0 spiro atoms. The summed E-state index contributed by atoms with van der Waals surface area (Å²) in [5.74, 6) is -0.288. The lowest BCUT2D eigenvalue weighted by atomic mass is 10.2. The summed E-state index contributed by atoms with van der Waals surface area (Å²) in [5.41, 5.74) is 3.33. The molecule has 3 rings (SSSR count). The summed E-state index contributed by atoms with van der Waals surface area (Å²) in [6.45, 7) is 0.666. The lowest BCUT2D eigenvalue weighted by Crippen LogP contribution is -2.32. The number of halogens is 2. The summed E-state index contributed by atoms with van der Waals surface area (Å²) < 4.78 is 5.40. The SMILES string of the molecule is O=C(NOC1CCCCO1)c1ccc(-c2cc(Cl)cc(Cl)c2)s1. The highest BCUT2D eigenvalue weighted by Crippen LogP contribution is 2.32. The Kier molecular flexibility index (Phi) is 5.56. The molecule has 122 valence electrons. The van der Waals surface area contributed by atoms with Crippen LogP contribution in [0, 0.1) is 0 Å². The van der Waals surface area contributed by atoms with Crippen LogP contribution in [0.15, 0.2) is 30.3 Å². The first-order chi connectivity index (χ1) is 11.1. The fourth-order valence-corrected chi connectivity index (χ4v) is 3.69. The van der Waals surface area contributed by atoms with Gasteiger partial charge in [0.15, 0.2) is 6.29 Å². The van der Waals surface area contributed by atoms with Gasteiger partial charge in [0.25, 0.3) is 5.91 Å². The number of hydrogen-bond donors (Lipinski definition) is 1. The minimum Gasteiger partial charge on any atom is -0.350 e. The molecule has 23 heavy (non-hydrogen) atoms. The molecule has 1 fully saturated rings. The van der Waals surface area contributed by atoms with Crippen LogP contribution in [0.3, 0.4) is 0 Å². The molecule has 2 heterocycles. The second kappa shape index (κ2) is 7.64. The zero-order chi connectivity index (χ0) is 16.2. The summed E-state index contributed by atoms with van der Waals surface area (Å²) in [7, 11) is 0. The van der Waals surface area contributed by atoms with Crippen LogP contribution in [-0.4, -0.2) is 18.8 Å². The van der Waals surface area contributed by atoms with Gasteiger partial charge in [0, 0.05) is 28.0 Å². The highest BCUT2D eigenvalue weighted by Gasteiger charge is 2.17. The highest BCUT2D eigenvalue weighted by molar-refractivity contribution is 7.17. The first-order valence-electron chi connectivity index (χ1n) is 7.26. The number of nitrogens with one attached hydrogen (secondary N) is 1. The molecule has 1 unspecified atom stereocenters. The normalized spacial score (nSPS) is 17.9. The minimum absolute atomic E-state index is 0.288. The minimum atomic E-state index is -0.362. The van der Waals surface area contributed by atoms with Crippen molar-refractivity contribution in [2.75, 3.05) is 6.61 Å². The number of rotatable bonds is 4. The molecule has 2 aromatic rings. The molecule has 1 aliphatic heterocycles. The van der Waals surface area contributed by atoms with E-state index in [0.29, 0.717) is 21.5 Å². The number of amides is 1. The number of carbonyl (C=O) groups is 1. The molecule has 1 aromatic carbocycles. The first-order valence-corrected chi connectivity index (χ1v) is 8.83. The van der Waals surface area contributed by atoms with Gasteiger partial charge in [-0.2, -0.15) is 0 Å². The van der Waals surface area contributed by atoms with Gasteiger partial charge < -0.3 is 4.74 Å². The zero-order valence-electron chi connectivity index (χ0n) is 12.2. The van der Waals surface area contributed by atoms with Crippen molar-refractivity contribution in [1.29, 1.82) is 0 Å². The Labute approximate surface area is 148 Å². The Balaban J connectivity index is 1.64. The van der Waals surface area contributed by atoms with Crippen LogP contribution < -0.4 is 5.48 Å². The molecule has 0 bridgehead atoms. The van der Waals surface area contributed by atoms with E-state index in [9.17, 15) is 4.79 Å². The van der Waals surface area contributed by atoms with Crippen LogP contribution in [0.5, 0.6) is 0 Å². The highest BCUT2D eigenvalue weighted by atomic mass is 35.5. The average Bonchev–Trinajstić information content (AvgIpc) is 3.03. The molecule has 0 aliphatic carbocycles. The van der Waals surface area contributed by atoms with E-state index in [-0.39, 0.29) is 12.2 Å². The van der Waals surface area contributed by atoms with Crippen molar-refractivity contribution in [3.63, 3.8) is 0 Å². The van der Waals surface area contributed by atoms with Crippen LogP contribution in [0.1, 0.15) is 28.9 Å². The van der Waals surface area contributed by atoms with E-state index < -0.39 is 0 Å². The molecule has 1 aliphatic rings. The number of ether oxygens (including phenoxy) is 1. The van der Waals surface area contributed by atoms with E-state index in [2.05, 4.69) is 5.48 Å². The quantitative estimate of drug-likeness (QED) is 0.776. The number of thiophene rings is 1. The monoisotopic (exact) mass is 371 g/mol. The number of benzene rings is 1. The Morgan fingerprint density at radius 3 is 2.70 bits per heavy atom. The van der Waals surface area contributed by atoms with Gasteiger partial charge in [0.05, 0.1) is 4.88 Å². The predicted molar refractivity (Wildman–Crippen MR) is 91.9 cm³/mol. The molecule has 1 amide bonds. The smallest absolute Gasteiger partial charge is 0.285 e. The van der Waals surface area contributed by atoms with Gasteiger partial charge in [-0.1, -0.05) is 23.2 Å². The van der Waals surface area contributed by atoms with Crippen molar-refractivity contribution < 1.29 is 14.4 Å². The predicted octanol–water partition coefficient (Wildman–Crippen LogP) is 4.91. The van der Waals surface area contributed by atoms with Gasteiger partial charge in [0.1, 0.15) is 0 Å². The number of carbonyl (C=O) groups excluding carboxylic acids is 1. The van der Waals surface area contributed by atoms with Crippen LogP contribution in [0.25, 0.3) is 10.4 Å². The number of hydrogen-bond acceptors (Lipinski definition) is 4. The topological polar surface area (TPSA) is 47.6 Å². The summed E-state index contributed by atoms with van der Waals surface area (Å²) in [6.07, 6.45) is 2.50. The van der Waals surface area contributed by atoms with Crippen LogP contribution in [0.4, 0.5) is 0 Å². The lowest BCUT2D eigenvalue weighted by Gasteiger charge is -2.21. The van der Waals surface area contributed by atoms with Crippen molar-refractivity contribution in [2.45, 2.75) is 25.6 Å². The average molecular weight is 372 g/mol. The Bertz CT molecular complexity index is 678. The Morgan fingerprint density at radius 1 is 1.22 bits per heavy atom. The van der Waals surface area contributed by atoms with Gasteiger partial charge in [-0.15, -0.1) is 11.3 Å². The van der Waals surface area contributed by atoms with E-state index in [1.165, 1.54) is 11.3 Å². The van der Waals surface area contributed by atoms with E-state index in [4.69, 9.17) is 32.8 Å². The lowest BCUT2D eigenvalue weighted by molar-refractivity contribution is -0.186. The van der Waals surface area contributed by atoms with Crippen molar-refractivity contribution >= 4 is 40.4 Å². The van der Waals surface area contributed by atoms with Crippen molar-refractivity contribution in [1.82, 2.24) is 5.48 Å². The first kappa shape index (κ1) is 16.7. The van der Waals surface area contributed by atoms with Gasteiger partial charge in [-0.25, -0.2) is 10.3 Å². The van der Waals surface area contributed by atoms with Crippen LogP contribution in [0.2, 0.25) is 10.0 Å². The second-order valence-electron chi connectivity index (χ2n) is 5.17. The maximum Gasteiger partial charge on any atom is 0.285 e. The fourth-order valence-electron chi connectivity index (χ4n) is 2.28. The molecule has 7 heteroatoms. The third kappa shape index (κ3) is 4.46. The maximum absolute atomic E-state index is 12.1. The van der Waals surface area contributed by atoms with E-state index in [0.717, 1.165) is 29.7 Å². The summed E-state index contributed by atoms with van der Waals surface area (Å²) >= 11 is 13.4. The van der Waals surface area contributed by atoms with Gasteiger partial charge in [-0.05, 0) is 48.7 Å². The van der Waals surface area contributed by atoms with E-state index in [1.54, 1.807) is 12.1 Å². The Morgan fingerprint density at radius 2 is 2.00 bits per heavy atom. The van der Waals surface area contributed by atoms with Crippen LogP contribution >= 0.6 is 34.5 Å². The van der Waals surface area contributed by atoms with E-state index in [1.807, 2.05) is 18.2 Å². The molecule has 1 saturated heterocycles. The van der Waals surface area contributed by atoms with Crippen molar-refractivity contribution in [3.05, 3.63) is 45.3 Å². The molecule has 1 N–H and O–H groups in total. The standard InChI is InChI=1S/C16H15Cl2NO3S/c17-11-7-10(8-12(18)9-11)13-4-5-14(23-13)16(20)19-22-15-3-1-2-6-21-15/h4-5,7-9,15H,1-3,6H2,(H,19,20). The molecule has 1 atom stereocenters. The summed E-state index contributed by atoms with van der Waals surface area (Å²) in [4.78, 5) is 18.9. The molecular formula is C16H15Cl2NO3S. The molecule has 0 radical (unpaired) electrons. The number of hydroxylamine groups is 1. The maximum atomic E-state index is 12.1. The Hall–Kier alpha value is -1.11. The molecule has 1 aromatic heterocycles. The van der Waals surface area contributed by atoms with Gasteiger partial charge >= 0.3 is 0 Å². The molecule has 4 nitrogen and oxygen atoms in total. The van der Waals surface area contributed by atoms with Crippen LogP contribution in [-0.2, 0) is 9.57 Å². The zero-order valence-corrected chi connectivity index (χ0v) is 14.5. The fraction of sp³-hybridized carbons (Fsp3) is 0.312. The third-order valence-corrected chi connectivity index (χ3v) is 4.97. The molecular weight excluding hydrogens is 357 g/mol. The second-order valence-corrected chi connectivity index (χ2v) is 7.12. The van der Waals surface area contributed by atoms with Gasteiger partial charge in [0.2, 0.25) is 0 Å². The molecule has 0 saturated carbocycles. The summed E-state index contributed by atoms with van der Waals surface area (Å²) in [5, 5.41) is 1.12. The van der Waals surface area contributed by atoms with Crippen molar-refractivity contribution in [3.8, 4) is 10.4 Å². The largest absolute Gasteiger partial charge is 0.350 e. The third-order valence-electron chi connectivity index (χ3n) is 3.40. The van der Waals surface area contributed by atoms with Gasteiger partial charge in [-0.3, -0.25) is 4.79 Å². The van der Waals surface area contributed by atoms with E-state index >= 15 is 0 Å². The summed E-state index contributed by atoms with van der Waals surface area (Å²) in [6, 6.07) is 8.90. The van der Waals surface area contributed by atoms with Crippen molar-refractivity contribution in [2.24, 2.45) is 0 Å².